The van der Waals surface area contributed by atoms with Crippen molar-refractivity contribution >= 4 is 18.3 Å². The zero-order valence-corrected chi connectivity index (χ0v) is 12.8. The SMILES string of the molecule is COc1cccc(F)c1C(=O)N1CCC2CNCC2C1.Cl. The highest BCUT2D eigenvalue weighted by Crippen LogP contribution is 2.29. The summed E-state index contributed by atoms with van der Waals surface area (Å²) in [6, 6.07) is 4.48. The van der Waals surface area contributed by atoms with Gasteiger partial charge in [-0.25, -0.2) is 4.39 Å². The number of hydrogen-bond donors (Lipinski definition) is 1. The highest BCUT2D eigenvalue weighted by molar-refractivity contribution is 5.97. The second-order valence-electron chi connectivity index (χ2n) is 5.54. The van der Waals surface area contributed by atoms with Crippen molar-refractivity contribution in [1.82, 2.24) is 10.2 Å². The Morgan fingerprint density at radius 2 is 2.14 bits per heavy atom. The van der Waals surface area contributed by atoms with Crippen molar-refractivity contribution in [3.05, 3.63) is 29.6 Å². The molecule has 6 heteroatoms. The smallest absolute Gasteiger partial charge is 0.260 e. The van der Waals surface area contributed by atoms with Crippen molar-refractivity contribution in [3.63, 3.8) is 0 Å². The summed E-state index contributed by atoms with van der Waals surface area (Å²) in [5.74, 6) is 0.681. The minimum Gasteiger partial charge on any atom is -0.496 e. The number of nitrogens with one attached hydrogen (secondary N) is 1. The van der Waals surface area contributed by atoms with E-state index in [9.17, 15) is 9.18 Å². The van der Waals surface area contributed by atoms with Crippen LogP contribution in [0.3, 0.4) is 0 Å². The minimum atomic E-state index is -0.513. The maximum Gasteiger partial charge on any atom is 0.260 e. The van der Waals surface area contributed by atoms with Crippen molar-refractivity contribution in [3.8, 4) is 5.75 Å². The van der Waals surface area contributed by atoms with Crippen LogP contribution in [0.2, 0.25) is 0 Å². The fourth-order valence-electron chi connectivity index (χ4n) is 3.26. The predicted molar refractivity (Wildman–Crippen MR) is 80.6 cm³/mol. The summed E-state index contributed by atoms with van der Waals surface area (Å²) in [5.41, 5.74) is 0.0550. The van der Waals surface area contributed by atoms with Gasteiger partial charge in [-0.05, 0) is 43.5 Å². The van der Waals surface area contributed by atoms with Gasteiger partial charge < -0.3 is 15.0 Å². The number of amides is 1. The van der Waals surface area contributed by atoms with Crippen LogP contribution in [0.15, 0.2) is 18.2 Å². The lowest BCUT2D eigenvalue weighted by molar-refractivity contribution is 0.0634. The van der Waals surface area contributed by atoms with Crippen LogP contribution in [-0.2, 0) is 0 Å². The Bertz CT molecular complexity index is 526. The van der Waals surface area contributed by atoms with Gasteiger partial charge in [0.15, 0.2) is 0 Å². The first-order valence-corrected chi connectivity index (χ1v) is 7.03. The number of ether oxygens (including phenoxy) is 1. The van der Waals surface area contributed by atoms with E-state index in [0.29, 0.717) is 30.7 Å². The number of hydrogen-bond acceptors (Lipinski definition) is 3. The molecule has 2 saturated heterocycles. The Morgan fingerprint density at radius 3 is 2.90 bits per heavy atom. The van der Waals surface area contributed by atoms with Crippen molar-refractivity contribution in [2.75, 3.05) is 33.3 Å². The van der Waals surface area contributed by atoms with Crippen LogP contribution in [-0.4, -0.2) is 44.1 Å². The monoisotopic (exact) mass is 314 g/mol. The molecule has 0 aromatic heterocycles. The Labute approximate surface area is 130 Å². The topological polar surface area (TPSA) is 41.6 Å². The van der Waals surface area contributed by atoms with Crippen molar-refractivity contribution in [1.29, 1.82) is 0 Å². The molecule has 2 aliphatic rings. The fourth-order valence-corrected chi connectivity index (χ4v) is 3.26. The highest BCUT2D eigenvalue weighted by Gasteiger charge is 2.35. The first kappa shape index (κ1) is 16.0. The lowest BCUT2D eigenvalue weighted by Crippen LogP contribution is -2.43. The Kier molecular flexibility index (Phi) is 5.06. The molecule has 0 bridgehead atoms. The van der Waals surface area contributed by atoms with Crippen LogP contribution in [0.4, 0.5) is 4.39 Å². The molecular weight excluding hydrogens is 295 g/mol. The molecule has 2 fully saturated rings. The van der Waals surface area contributed by atoms with E-state index >= 15 is 0 Å². The average molecular weight is 315 g/mol. The number of piperidine rings is 1. The van der Waals surface area contributed by atoms with Gasteiger partial charge in [0, 0.05) is 13.1 Å². The van der Waals surface area contributed by atoms with Gasteiger partial charge in [-0.1, -0.05) is 6.07 Å². The lowest BCUT2D eigenvalue weighted by atomic mass is 9.88. The predicted octanol–water partition coefficient (Wildman–Crippen LogP) is 1.94. The van der Waals surface area contributed by atoms with Gasteiger partial charge in [0.2, 0.25) is 0 Å². The van der Waals surface area contributed by atoms with Gasteiger partial charge >= 0.3 is 0 Å². The molecule has 1 aromatic carbocycles. The van der Waals surface area contributed by atoms with Crippen LogP contribution in [0.1, 0.15) is 16.8 Å². The summed E-state index contributed by atoms with van der Waals surface area (Å²) in [6.45, 7) is 3.38. The number of benzene rings is 1. The van der Waals surface area contributed by atoms with E-state index in [1.165, 1.54) is 13.2 Å². The zero-order valence-electron chi connectivity index (χ0n) is 12.0. The summed E-state index contributed by atoms with van der Waals surface area (Å²) in [7, 11) is 1.46. The molecule has 2 atom stereocenters. The summed E-state index contributed by atoms with van der Waals surface area (Å²) in [5, 5.41) is 3.36. The number of fused-ring (bicyclic) bond motifs is 1. The van der Waals surface area contributed by atoms with Gasteiger partial charge in [0.25, 0.3) is 5.91 Å². The molecule has 1 amide bonds. The van der Waals surface area contributed by atoms with Crippen LogP contribution >= 0.6 is 12.4 Å². The average Bonchev–Trinajstić information content (AvgIpc) is 2.93. The molecule has 2 heterocycles. The molecule has 0 radical (unpaired) electrons. The maximum absolute atomic E-state index is 14.0. The molecule has 21 heavy (non-hydrogen) atoms. The lowest BCUT2D eigenvalue weighted by Gasteiger charge is -2.34. The second-order valence-corrected chi connectivity index (χ2v) is 5.54. The number of rotatable bonds is 2. The molecule has 1 aromatic rings. The third kappa shape index (κ3) is 2.99. The standard InChI is InChI=1S/C15H19FN2O2.ClH/c1-20-13-4-2-3-12(16)14(13)15(19)18-6-5-10-7-17-8-11(10)9-18;/h2-4,10-11,17H,5-9H2,1H3;1H. The Hall–Kier alpha value is -1.33. The van der Waals surface area contributed by atoms with Crippen LogP contribution in [0, 0.1) is 17.7 Å². The quantitative estimate of drug-likeness (QED) is 0.907. The van der Waals surface area contributed by atoms with Crippen molar-refractivity contribution < 1.29 is 13.9 Å². The molecule has 4 nitrogen and oxygen atoms in total. The fraction of sp³-hybridized carbons (Fsp3) is 0.533. The number of methoxy groups -OCH3 is 1. The van der Waals surface area contributed by atoms with E-state index in [0.717, 1.165) is 19.5 Å². The molecule has 0 aliphatic carbocycles. The van der Waals surface area contributed by atoms with Crippen LogP contribution in [0.25, 0.3) is 0 Å². The summed E-state index contributed by atoms with van der Waals surface area (Å²) in [4.78, 5) is 14.3. The normalized spacial score (nSPS) is 24.2. The van der Waals surface area contributed by atoms with E-state index < -0.39 is 5.82 Å². The summed E-state index contributed by atoms with van der Waals surface area (Å²) in [6.07, 6.45) is 0.986. The first-order chi connectivity index (χ1) is 9.70. The molecule has 2 unspecified atom stereocenters. The molecule has 0 saturated carbocycles. The highest BCUT2D eigenvalue weighted by atomic mass is 35.5. The number of likely N-dealkylation sites (tertiary alicyclic amines) is 1. The van der Waals surface area contributed by atoms with Gasteiger partial charge in [-0.2, -0.15) is 0 Å². The van der Waals surface area contributed by atoms with E-state index in [-0.39, 0.29) is 23.9 Å². The zero-order chi connectivity index (χ0) is 14.1. The Morgan fingerprint density at radius 1 is 1.38 bits per heavy atom. The van der Waals surface area contributed by atoms with Crippen LogP contribution in [0.5, 0.6) is 5.75 Å². The summed E-state index contributed by atoms with van der Waals surface area (Å²) < 4.78 is 19.1. The number of nitrogens with zero attached hydrogens (tertiary/aromatic N) is 1. The molecule has 0 spiro atoms. The van der Waals surface area contributed by atoms with Gasteiger partial charge in [-0.3, -0.25) is 4.79 Å². The maximum atomic E-state index is 14.0. The van der Waals surface area contributed by atoms with Crippen molar-refractivity contribution in [2.45, 2.75) is 6.42 Å². The molecular formula is C15H20ClFN2O2. The third-order valence-electron chi connectivity index (χ3n) is 4.40. The molecule has 2 aliphatic heterocycles. The van der Waals surface area contributed by atoms with E-state index in [1.54, 1.807) is 17.0 Å². The molecule has 3 rings (SSSR count). The molecule has 1 N–H and O–H groups in total. The largest absolute Gasteiger partial charge is 0.496 e. The van der Waals surface area contributed by atoms with E-state index in [1.807, 2.05) is 0 Å². The van der Waals surface area contributed by atoms with Gasteiger partial charge in [0.05, 0.1) is 7.11 Å². The van der Waals surface area contributed by atoms with E-state index in [2.05, 4.69) is 5.32 Å². The number of carbonyl (C=O) groups is 1. The second kappa shape index (κ2) is 6.62. The summed E-state index contributed by atoms with van der Waals surface area (Å²) >= 11 is 0. The van der Waals surface area contributed by atoms with Crippen molar-refractivity contribution in [2.24, 2.45) is 11.8 Å². The van der Waals surface area contributed by atoms with Crippen LogP contribution < -0.4 is 10.1 Å². The Balaban J connectivity index is 0.00000161. The van der Waals surface area contributed by atoms with E-state index in [4.69, 9.17) is 4.74 Å². The number of carbonyl (C=O) groups excluding carboxylic acids is 1. The van der Waals surface area contributed by atoms with Gasteiger partial charge in [0.1, 0.15) is 17.1 Å². The molecule has 116 valence electrons. The first-order valence-electron chi connectivity index (χ1n) is 7.03. The van der Waals surface area contributed by atoms with Gasteiger partial charge in [-0.15, -0.1) is 12.4 Å². The third-order valence-corrected chi connectivity index (χ3v) is 4.40. The number of halogens is 2. The minimum absolute atomic E-state index is 0.